The van der Waals surface area contributed by atoms with Crippen LogP contribution < -0.4 is 5.32 Å². The number of aliphatic carboxylic acids is 1. The Morgan fingerprint density at radius 1 is 1.31 bits per heavy atom. The first-order chi connectivity index (χ1) is 7.61. The summed E-state index contributed by atoms with van der Waals surface area (Å²) < 4.78 is 0. The number of hydrogen-bond acceptors (Lipinski definition) is 3. The molecule has 0 aliphatic carbocycles. The number of amides is 1. The van der Waals surface area contributed by atoms with Gasteiger partial charge < -0.3 is 10.4 Å². The van der Waals surface area contributed by atoms with Crippen LogP contribution in [0.5, 0.6) is 0 Å². The summed E-state index contributed by atoms with van der Waals surface area (Å²) in [7, 11) is 0. The van der Waals surface area contributed by atoms with E-state index < -0.39 is 5.97 Å². The molecule has 5 heteroatoms. The summed E-state index contributed by atoms with van der Waals surface area (Å²) >= 11 is 1.25. The Morgan fingerprint density at radius 2 is 1.94 bits per heavy atom. The van der Waals surface area contributed by atoms with Crippen molar-refractivity contribution in [2.45, 2.75) is 18.2 Å². The SMILES string of the molecule is CCC(=O)Nc1ccc(SCC(=O)O)cc1. The minimum atomic E-state index is -0.839. The van der Waals surface area contributed by atoms with Gasteiger partial charge >= 0.3 is 5.97 Å². The summed E-state index contributed by atoms with van der Waals surface area (Å²) in [6.07, 6.45) is 0.440. The molecular formula is C11H13NO3S. The molecular weight excluding hydrogens is 226 g/mol. The van der Waals surface area contributed by atoms with Crippen molar-refractivity contribution in [1.82, 2.24) is 0 Å². The van der Waals surface area contributed by atoms with Gasteiger partial charge in [0.1, 0.15) is 0 Å². The number of thioether (sulfide) groups is 1. The first kappa shape index (κ1) is 12.6. The Hall–Kier alpha value is -1.49. The van der Waals surface area contributed by atoms with Crippen LogP contribution in [0.4, 0.5) is 5.69 Å². The van der Waals surface area contributed by atoms with Gasteiger partial charge in [-0.15, -0.1) is 11.8 Å². The van der Waals surface area contributed by atoms with Crippen molar-refractivity contribution in [2.75, 3.05) is 11.1 Å². The van der Waals surface area contributed by atoms with Crippen molar-refractivity contribution in [1.29, 1.82) is 0 Å². The van der Waals surface area contributed by atoms with Gasteiger partial charge in [0, 0.05) is 17.0 Å². The molecule has 0 radical (unpaired) electrons. The second-order valence-electron chi connectivity index (χ2n) is 3.11. The molecule has 4 nitrogen and oxygen atoms in total. The number of hydrogen-bond donors (Lipinski definition) is 2. The standard InChI is InChI=1S/C11H13NO3S/c1-2-10(13)12-8-3-5-9(6-4-8)16-7-11(14)15/h3-6H,2,7H2,1H3,(H,12,13)(H,14,15). The van der Waals surface area contributed by atoms with E-state index in [1.165, 1.54) is 11.8 Å². The number of anilines is 1. The number of benzene rings is 1. The van der Waals surface area contributed by atoms with Crippen LogP contribution in [0, 0.1) is 0 Å². The second-order valence-corrected chi connectivity index (χ2v) is 4.16. The molecule has 0 saturated heterocycles. The van der Waals surface area contributed by atoms with E-state index in [-0.39, 0.29) is 11.7 Å². The fraction of sp³-hybridized carbons (Fsp3) is 0.273. The molecule has 0 spiro atoms. The van der Waals surface area contributed by atoms with Crippen molar-refractivity contribution >= 4 is 29.3 Å². The lowest BCUT2D eigenvalue weighted by atomic mass is 10.3. The summed E-state index contributed by atoms with van der Waals surface area (Å²) in [6.45, 7) is 1.78. The van der Waals surface area contributed by atoms with E-state index in [1.807, 2.05) is 0 Å². The highest BCUT2D eigenvalue weighted by Gasteiger charge is 2.01. The van der Waals surface area contributed by atoms with Gasteiger partial charge in [0.2, 0.25) is 5.91 Å². The van der Waals surface area contributed by atoms with Crippen LogP contribution in [0.15, 0.2) is 29.2 Å². The average molecular weight is 239 g/mol. The number of carboxylic acid groups (broad SMARTS) is 1. The molecule has 0 atom stereocenters. The van der Waals surface area contributed by atoms with Crippen LogP contribution in [0.1, 0.15) is 13.3 Å². The number of carbonyl (C=O) groups excluding carboxylic acids is 1. The van der Waals surface area contributed by atoms with E-state index in [4.69, 9.17) is 5.11 Å². The summed E-state index contributed by atoms with van der Waals surface area (Å²) in [4.78, 5) is 22.3. The molecule has 0 fully saturated rings. The number of carbonyl (C=O) groups is 2. The van der Waals surface area contributed by atoms with E-state index in [1.54, 1.807) is 31.2 Å². The zero-order chi connectivity index (χ0) is 12.0. The third-order valence-electron chi connectivity index (χ3n) is 1.82. The van der Waals surface area contributed by atoms with Gasteiger partial charge in [-0.2, -0.15) is 0 Å². The number of carboxylic acids is 1. The second kappa shape index (κ2) is 6.17. The van der Waals surface area contributed by atoms with Crippen molar-refractivity contribution in [3.63, 3.8) is 0 Å². The fourth-order valence-corrected chi connectivity index (χ4v) is 1.65. The highest BCUT2D eigenvalue weighted by Crippen LogP contribution is 2.20. The van der Waals surface area contributed by atoms with Crippen molar-refractivity contribution in [3.8, 4) is 0 Å². The molecule has 1 rings (SSSR count). The Kier molecular flexibility index (Phi) is 4.85. The summed E-state index contributed by atoms with van der Waals surface area (Å²) in [5.74, 6) is -0.833. The zero-order valence-corrected chi connectivity index (χ0v) is 9.71. The molecule has 0 unspecified atom stereocenters. The van der Waals surface area contributed by atoms with Crippen LogP contribution in [-0.4, -0.2) is 22.7 Å². The first-order valence-corrected chi connectivity index (χ1v) is 5.85. The monoisotopic (exact) mass is 239 g/mol. The zero-order valence-electron chi connectivity index (χ0n) is 8.90. The van der Waals surface area contributed by atoms with Gasteiger partial charge in [0.05, 0.1) is 5.75 Å². The van der Waals surface area contributed by atoms with Crippen molar-refractivity contribution in [2.24, 2.45) is 0 Å². The molecule has 1 aromatic carbocycles. The highest BCUT2D eigenvalue weighted by atomic mass is 32.2. The van der Waals surface area contributed by atoms with Gasteiger partial charge in [-0.3, -0.25) is 9.59 Å². The minimum Gasteiger partial charge on any atom is -0.481 e. The summed E-state index contributed by atoms with van der Waals surface area (Å²) in [6, 6.07) is 7.10. The van der Waals surface area contributed by atoms with Crippen LogP contribution in [0.3, 0.4) is 0 Å². The van der Waals surface area contributed by atoms with Crippen LogP contribution in [0.25, 0.3) is 0 Å². The van der Waals surface area contributed by atoms with Crippen molar-refractivity contribution in [3.05, 3.63) is 24.3 Å². The Labute approximate surface area is 98.0 Å². The number of rotatable bonds is 5. The third-order valence-corrected chi connectivity index (χ3v) is 2.82. The highest BCUT2D eigenvalue weighted by molar-refractivity contribution is 8.00. The Morgan fingerprint density at radius 3 is 2.44 bits per heavy atom. The predicted molar refractivity (Wildman–Crippen MR) is 63.7 cm³/mol. The predicted octanol–water partition coefficient (Wildman–Crippen LogP) is 2.21. The lowest BCUT2D eigenvalue weighted by Crippen LogP contribution is -2.09. The smallest absolute Gasteiger partial charge is 0.313 e. The lowest BCUT2D eigenvalue weighted by molar-refractivity contribution is -0.133. The third kappa shape index (κ3) is 4.35. The molecule has 2 N–H and O–H groups in total. The quantitative estimate of drug-likeness (QED) is 0.773. The molecule has 0 aromatic heterocycles. The van der Waals surface area contributed by atoms with Crippen LogP contribution in [0.2, 0.25) is 0 Å². The van der Waals surface area contributed by atoms with Gasteiger partial charge in [0.25, 0.3) is 0 Å². The topological polar surface area (TPSA) is 66.4 Å². The Bertz CT molecular complexity index is 375. The maximum absolute atomic E-state index is 11.1. The molecule has 0 saturated carbocycles. The maximum atomic E-state index is 11.1. The first-order valence-electron chi connectivity index (χ1n) is 4.86. The van der Waals surface area contributed by atoms with Gasteiger partial charge in [-0.25, -0.2) is 0 Å². The van der Waals surface area contributed by atoms with E-state index in [9.17, 15) is 9.59 Å². The van der Waals surface area contributed by atoms with E-state index in [0.29, 0.717) is 6.42 Å². The van der Waals surface area contributed by atoms with Gasteiger partial charge in [-0.1, -0.05) is 6.92 Å². The normalized spacial score (nSPS) is 9.81. The largest absolute Gasteiger partial charge is 0.481 e. The lowest BCUT2D eigenvalue weighted by Gasteiger charge is -2.04. The molecule has 0 aliphatic heterocycles. The molecule has 0 aliphatic rings. The molecule has 1 amide bonds. The molecule has 1 aromatic rings. The van der Waals surface area contributed by atoms with E-state index >= 15 is 0 Å². The fourth-order valence-electron chi connectivity index (χ4n) is 1.03. The molecule has 0 bridgehead atoms. The van der Waals surface area contributed by atoms with Crippen LogP contribution in [-0.2, 0) is 9.59 Å². The van der Waals surface area contributed by atoms with E-state index in [0.717, 1.165) is 10.6 Å². The average Bonchev–Trinajstić information content (AvgIpc) is 2.28. The van der Waals surface area contributed by atoms with Crippen LogP contribution >= 0.6 is 11.8 Å². The van der Waals surface area contributed by atoms with Gasteiger partial charge in [0.15, 0.2) is 0 Å². The summed E-state index contributed by atoms with van der Waals surface area (Å²) in [5, 5.41) is 11.2. The Balaban J connectivity index is 2.54. The van der Waals surface area contributed by atoms with Crippen molar-refractivity contribution < 1.29 is 14.7 Å². The maximum Gasteiger partial charge on any atom is 0.313 e. The van der Waals surface area contributed by atoms with E-state index in [2.05, 4.69) is 5.32 Å². The molecule has 16 heavy (non-hydrogen) atoms. The number of nitrogens with one attached hydrogen (secondary N) is 1. The summed E-state index contributed by atoms with van der Waals surface area (Å²) in [5.41, 5.74) is 0.728. The molecule has 86 valence electrons. The minimum absolute atomic E-state index is 0.0362. The van der Waals surface area contributed by atoms with Gasteiger partial charge in [-0.05, 0) is 24.3 Å². The molecule has 0 heterocycles.